The van der Waals surface area contributed by atoms with Gasteiger partial charge in [0.25, 0.3) is 0 Å². The summed E-state index contributed by atoms with van der Waals surface area (Å²) in [5, 5.41) is 0. The predicted octanol–water partition coefficient (Wildman–Crippen LogP) is 3.38. The molecule has 0 saturated carbocycles. The van der Waals surface area contributed by atoms with Crippen LogP contribution in [0.3, 0.4) is 0 Å². The van der Waals surface area contributed by atoms with Gasteiger partial charge in [-0.15, -0.1) is 0 Å². The van der Waals surface area contributed by atoms with Crippen LogP contribution in [0.15, 0.2) is 11.6 Å². The Hall–Kier alpha value is -0.790. The second kappa shape index (κ2) is 8.51. The van der Waals surface area contributed by atoms with Crippen molar-refractivity contribution in [3.8, 4) is 0 Å². The third-order valence-electron chi connectivity index (χ3n) is 2.72. The molecular weight excluding hydrogens is 186 g/mol. The largest absolute Gasteiger partial charge is 0.343 e. The summed E-state index contributed by atoms with van der Waals surface area (Å²) in [5.74, 6) is 0.210. The monoisotopic (exact) mass is 211 g/mol. The van der Waals surface area contributed by atoms with Gasteiger partial charge in [-0.1, -0.05) is 25.0 Å². The smallest absolute Gasteiger partial charge is 0.219 e. The SMILES string of the molecule is CC=C(C)CCCN(CCCC)C(C)=O. The van der Waals surface area contributed by atoms with Gasteiger partial charge in [0.2, 0.25) is 5.91 Å². The average Bonchev–Trinajstić information content (AvgIpc) is 2.22. The number of carbonyl (C=O) groups is 1. The van der Waals surface area contributed by atoms with Crippen molar-refractivity contribution in [2.75, 3.05) is 13.1 Å². The minimum absolute atomic E-state index is 0.210. The van der Waals surface area contributed by atoms with E-state index in [0.717, 1.165) is 38.8 Å². The van der Waals surface area contributed by atoms with Crippen molar-refractivity contribution in [1.29, 1.82) is 0 Å². The number of nitrogens with zero attached hydrogens (tertiary/aromatic N) is 1. The maximum absolute atomic E-state index is 11.3. The molecule has 2 heteroatoms. The fraction of sp³-hybridized carbons (Fsp3) is 0.769. The molecule has 0 radical (unpaired) electrons. The fourth-order valence-electron chi connectivity index (χ4n) is 1.47. The van der Waals surface area contributed by atoms with Gasteiger partial charge >= 0.3 is 0 Å². The Labute approximate surface area is 94.4 Å². The lowest BCUT2D eigenvalue weighted by Gasteiger charge is -2.20. The van der Waals surface area contributed by atoms with Gasteiger partial charge in [-0.3, -0.25) is 4.79 Å². The van der Waals surface area contributed by atoms with E-state index in [0.29, 0.717) is 0 Å². The van der Waals surface area contributed by atoms with Crippen molar-refractivity contribution in [3.05, 3.63) is 11.6 Å². The molecule has 88 valence electrons. The van der Waals surface area contributed by atoms with Crippen molar-refractivity contribution in [2.24, 2.45) is 0 Å². The summed E-state index contributed by atoms with van der Waals surface area (Å²) in [6.07, 6.45) is 6.59. The zero-order valence-electron chi connectivity index (χ0n) is 10.7. The van der Waals surface area contributed by atoms with E-state index in [1.807, 2.05) is 4.90 Å². The van der Waals surface area contributed by atoms with Gasteiger partial charge in [0.1, 0.15) is 0 Å². The molecule has 0 aromatic rings. The van der Waals surface area contributed by atoms with Gasteiger partial charge in [-0.25, -0.2) is 0 Å². The molecule has 0 bridgehead atoms. The first-order valence-corrected chi connectivity index (χ1v) is 5.99. The van der Waals surface area contributed by atoms with Crippen LogP contribution in [0.4, 0.5) is 0 Å². The molecular formula is C13H25NO. The quantitative estimate of drug-likeness (QED) is 0.591. The van der Waals surface area contributed by atoms with E-state index < -0.39 is 0 Å². The van der Waals surface area contributed by atoms with Gasteiger partial charge in [0.15, 0.2) is 0 Å². The molecule has 0 aromatic heterocycles. The molecule has 15 heavy (non-hydrogen) atoms. The highest BCUT2D eigenvalue weighted by atomic mass is 16.2. The van der Waals surface area contributed by atoms with Crippen LogP contribution in [-0.4, -0.2) is 23.9 Å². The van der Waals surface area contributed by atoms with Gasteiger partial charge in [-0.05, 0) is 33.1 Å². The fourth-order valence-corrected chi connectivity index (χ4v) is 1.47. The van der Waals surface area contributed by atoms with Crippen LogP contribution in [0, 0.1) is 0 Å². The summed E-state index contributed by atoms with van der Waals surface area (Å²) in [6.45, 7) is 9.85. The van der Waals surface area contributed by atoms with Crippen LogP contribution >= 0.6 is 0 Å². The van der Waals surface area contributed by atoms with E-state index in [2.05, 4.69) is 26.8 Å². The summed E-state index contributed by atoms with van der Waals surface area (Å²) < 4.78 is 0. The molecule has 0 atom stereocenters. The summed E-state index contributed by atoms with van der Waals surface area (Å²) in [5.41, 5.74) is 1.41. The highest BCUT2D eigenvalue weighted by Gasteiger charge is 2.06. The Morgan fingerprint density at radius 2 is 1.80 bits per heavy atom. The first-order valence-electron chi connectivity index (χ1n) is 5.99. The number of allylic oxidation sites excluding steroid dienone is 2. The molecule has 0 aromatic carbocycles. The van der Waals surface area contributed by atoms with Crippen LogP contribution in [0.5, 0.6) is 0 Å². The lowest BCUT2D eigenvalue weighted by Crippen LogP contribution is -2.30. The van der Waals surface area contributed by atoms with Crippen LogP contribution in [0.25, 0.3) is 0 Å². The second-order valence-corrected chi connectivity index (χ2v) is 4.10. The first kappa shape index (κ1) is 14.2. The number of rotatable bonds is 7. The Balaban J connectivity index is 3.81. The molecule has 0 heterocycles. The number of carbonyl (C=O) groups excluding carboxylic acids is 1. The van der Waals surface area contributed by atoms with Gasteiger partial charge < -0.3 is 4.90 Å². The lowest BCUT2D eigenvalue weighted by molar-refractivity contribution is -0.129. The molecule has 0 spiro atoms. The lowest BCUT2D eigenvalue weighted by atomic mass is 10.1. The molecule has 0 fully saturated rings. The van der Waals surface area contributed by atoms with Crippen molar-refractivity contribution < 1.29 is 4.79 Å². The molecule has 0 rings (SSSR count). The second-order valence-electron chi connectivity index (χ2n) is 4.10. The standard InChI is InChI=1S/C13H25NO/c1-5-7-10-14(13(4)15)11-8-9-12(3)6-2/h6H,5,7-11H2,1-4H3. The molecule has 0 aliphatic carbocycles. The van der Waals surface area contributed by atoms with Crippen LogP contribution in [0.2, 0.25) is 0 Å². The van der Waals surface area contributed by atoms with E-state index in [4.69, 9.17) is 0 Å². The third kappa shape index (κ3) is 7.18. The molecule has 0 N–H and O–H groups in total. The molecule has 2 nitrogen and oxygen atoms in total. The number of amides is 1. The summed E-state index contributed by atoms with van der Waals surface area (Å²) in [7, 11) is 0. The highest BCUT2D eigenvalue weighted by molar-refractivity contribution is 5.73. The maximum atomic E-state index is 11.3. The summed E-state index contributed by atoms with van der Waals surface area (Å²) >= 11 is 0. The minimum Gasteiger partial charge on any atom is -0.343 e. The molecule has 0 unspecified atom stereocenters. The zero-order valence-corrected chi connectivity index (χ0v) is 10.7. The summed E-state index contributed by atoms with van der Waals surface area (Å²) in [6, 6.07) is 0. The number of hydrogen-bond acceptors (Lipinski definition) is 1. The van der Waals surface area contributed by atoms with Crippen molar-refractivity contribution in [2.45, 2.75) is 53.4 Å². The zero-order chi connectivity index (χ0) is 11.7. The van der Waals surface area contributed by atoms with Crippen molar-refractivity contribution >= 4 is 5.91 Å². The maximum Gasteiger partial charge on any atom is 0.219 e. The Kier molecular flexibility index (Phi) is 8.06. The number of hydrogen-bond donors (Lipinski definition) is 0. The van der Waals surface area contributed by atoms with E-state index in [1.165, 1.54) is 5.57 Å². The highest BCUT2D eigenvalue weighted by Crippen LogP contribution is 2.05. The topological polar surface area (TPSA) is 20.3 Å². The van der Waals surface area contributed by atoms with E-state index in [-0.39, 0.29) is 5.91 Å². The Morgan fingerprint density at radius 1 is 1.20 bits per heavy atom. The van der Waals surface area contributed by atoms with Crippen LogP contribution in [0.1, 0.15) is 53.4 Å². The van der Waals surface area contributed by atoms with Crippen LogP contribution < -0.4 is 0 Å². The van der Waals surface area contributed by atoms with Gasteiger partial charge in [0, 0.05) is 20.0 Å². The van der Waals surface area contributed by atoms with E-state index >= 15 is 0 Å². The number of unbranched alkanes of at least 4 members (excludes halogenated alkanes) is 1. The molecule has 0 saturated heterocycles. The Morgan fingerprint density at radius 3 is 2.27 bits per heavy atom. The first-order chi connectivity index (χ1) is 7.11. The normalized spacial score (nSPS) is 11.6. The van der Waals surface area contributed by atoms with Crippen LogP contribution in [-0.2, 0) is 4.79 Å². The van der Waals surface area contributed by atoms with Gasteiger partial charge in [-0.2, -0.15) is 0 Å². The van der Waals surface area contributed by atoms with Crippen molar-refractivity contribution in [3.63, 3.8) is 0 Å². The van der Waals surface area contributed by atoms with Crippen molar-refractivity contribution in [1.82, 2.24) is 4.90 Å². The predicted molar refractivity (Wildman–Crippen MR) is 65.8 cm³/mol. The molecule has 0 aliphatic rings. The molecule has 0 aliphatic heterocycles. The molecule has 1 amide bonds. The van der Waals surface area contributed by atoms with Gasteiger partial charge in [0.05, 0.1) is 0 Å². The third-order valence-corrected chi connectivity index (χ3v) is 2.72. The average molecular weight is 211 g/mol. The van der Waals surface area contributed by atoms with E-state index in [9.17, 15) is 4.79 Å². The summed E-state index contributed by atoms with van der Waals surface area (Å²) in [4.78, 5) is 13.3. The Bertz CT molecular complexity index is 209. The van der Waals surface area contributed by atoms with E-state index in [1.54, 1.807) is 6.92 Å². The minimum atomic E-state index is 0.210.